The Morgan fingerprint density at radius 2 is 1.62 bits per heavy atom. The van der Waals surface area contributed by atoms with Crippen LogP contribution in [0.3, 0.4) is 0 Å². The van der Waals surface area contributed by atoms with E-state index < -0.39 is 48.0 Å². The Morgan fingerprint density at radius 3 is 2.25 bits per heavy atom. The number of hydrogen-bond donors (Lipinski definition) is 5. The predicted molar refractivity (Wildman–Crippen MR) is 224 cm³/mol. The lowest BCUT2D eigenvalue weighted by Crippen LogP contribution is -2.55. The van der Waals surface area contributed by atoms with Crippen LogP contribution in [-0.2, 0) is 43.3 Å². The molecule has 0 saturated carbocycles. The molecule has 5 heterocycles. The van der Waals surface area contributed by atoms with Crippen molar-refractivity contribution in [2.24, 2.45) is 11.8 Å². The highest BCUT2D eigenvalue weighted by Gasteiger charge is 2.38. The lowest BCUT2D eigenvalue weighted by molar-refractivity contribution is -0.192. The van der Waals surface area contributed by atoms with Crippen LogP contribution in [0.1, 0.15) is 73.5 Å². The molecule has 346 valence electrons. The Bertz CT molecular complexity index is 2190. The number of aryl methyl sites for hydroxylation is 1. The Hall–Kier alpha value is -6.51. The largest absolute Gasteiger partial charge is 0.491 e. The van der Waals surface area contributed by atoms with Gasteiger partial charge < -0.3 is 45.3 Å². The van der Waals surface area contributed by atoms with Gasteiger partial charge in [0.2, 0.25) is 23.5 Å². The number of fused-ring (bicyclic) bond motifs is 14. The molecule has 0 unspecified atom stereocenters. The first-order valence-corrected chi connectivity index (χ1v) is 20.8. The van der Waals surface area contributed by atoms with E-state index in [-0.39, 0.29) is 55.5 Å². The van der Waals surface area contributed by atoms with Crippen LogP contribution in [0.5, 0.6) is 5.75 Å². The summed E-state index contributed by atoms with van der Waals surface area (Å²) in [4.78, 5) is 71.5. The molecule has 2 bridgehead atoms. The van der Waals surface area contributed by atoms with Gasteiger partial charge in [-0.3, -0.25) is 19.2 Å². The number of morpholine rings is 1. The van der Waals surface area contributed by atoms with Crippen molar-refractivity contribution in [1.29, 1.82) is 0 Å². The first-order valence-electron chi connectivity index (χ1n) is 20.8. The van der Waals surface area contributed by atoms with E-state index >= 15 is 0 Å². The zero-order valence-electron chi connectivity index (χ0n) is 36.2. The number of alkyl halides is 3. The molecule has 1 saturated heterocycles. The van der Waals surface area contributed by atoms with E-state index in [1.165, 1.54) is 4.68 Å². The molecule has 3 aliphatic rings. The van der Waals surface area contributed by atoms with Crippen molar-refractivity contribution in [2.45, 2.75) is 90.8 Å². The van der Waals surface area contributed by atoms with Gasteiger partial charge >= 0.3 is 12.1 Å². The maximum atomic E-state index is 14.4. The number of carbonyl (C=O) groups is 5. The number of rotatable bonds is 8. The van der Waals surface area contributed by atoms with Gasteiger partial charge in [0.05, 0.1) is 25.3 Å². The third-order valence-corrected chi connectivity index (χ3v) is 10.1. The van der Waals surface area contributed by atoms with Crippen LogP contribution in [-0.4, -0.2) is 112 Å². The van der Waals surface area contributed by atoms with E-state index in [9.17, 15) is 32.3 Å². The second kappa shape index (κ2) is 22.2. The van der Waals surface area contributed by atoms with E-state index in [0.29, 0.717) is 55.9 Å². The number of carboxylic acid groups (broad SMARTS) is 1. The third-order valence-electron chi connectivity index (χ3n) is 10.1. The summed E-state index contributed by atoms with van der Waals surface area (Å²) in [5.41, 5.74) is 1.54. The molecule has 4 aromatic rings. The number of hydrogen-bond acceptors (Lipinski definition) is 12. The highest BCUT2D eigenvalue weighted by Crippen LogP contribution is 2.23. The standard InChI is InChI=1S/C41H53N9O7.C2HF3O2/c1-25(2)19-30-24-56-31-13-11-29(12-14-31)21-32(45-41(54)34-22-35(48-57-34)49-15-17-55-18-16-49)39(52)44-33(20-28-9-7-6-8-10-28)40(53)46-37(26(3)4)38-42-27(5)47-50(38)23-36(51)43-30;3-2(4,5)1(6)7/h6-14,22,25-26,30,32-33,37H,15-21,23-24H2,1-5H3,(H,43,51)(H,44,52)(H,45,54)(H,46,53);(H,6,7)/t30-,32+,33-,37-;/m0./s1. The van der Waals surface area contributed by atoms with Crippen LogP contribution in [0, 0.1) is 18.8 Å². The molecule has 3 aliphatic heterocycles. The first-order chi connectivity index (χ1) is 30.4. The quantitative estimate of drug-likeness (QED) is 0.171. The van der Waals surface area contributed by atoms with Gasteiger partial charge in [-0.25, -0.2) is 14.5 Å². The van der Waals surface area contributed by atoms with E-state index in [2.05, 4.69) is 50.4 Å². The number of halogens is 3. The lowest BCUT2D eigenvalue weighted by atomic mass is 10.00. The van der Waals surface area contributed by atoms with Gasteiger partial charge in [-0.2, -0.15) is 18.3 Å². The molecule has 64 heavy (non-hydrogen) atoms. The monoisotopic (exact) mass is 897 g/mol. The zero-order chi connectivity index (χ0) is 46.6. The summed E-state index contributed by atoms with van der Waals surface area (Å²) in [6.07, 6.45) is -4.16. The van der Waals surface area contributed by atoms with Crippen molar-refractivity contribution >= 4 is 35.4 Å². The minimum absolute atomic E-state index is 0.0553. The summed E-state index contributed by atoms with van der Waals surface area (Å²) in [5.74, 6) is -2.71. The fourth-order valence-corrected chi connectivity index (χ4v) is 6.99. The van der Waals surface area contributed by atoms with Gasteiger partial charge in [-0.05, 0) is 48.4 Å². The van der Waals surface area contributed by atoms with Crippen molar-refractivity contribution in [3.63, 3.8) is 0 Å². The van der Waals surface area contributed by atoms with Gasteiger partial charge in [0.15, 0.2) is 11.6 Å². The molecule has 0 radical (unpaired) electrons. The van der Waals surface area contributed by atoms with E-state index in [4.69, 9.17) is 23.9 Å². The number of aliphatic carboxylic acids is 1. The molecule has 0 aliphatic carbocycles. The Kier molecular flexibility index (Phi) is 16.8. The van der Waals surface area contributed by atoms with Crippen LogP contribution < -0.4 is 30.9 Å². The third kappa shape index (κ3) is 14.3. The van der Waals surface area contributed by atoms with Crippen molar-refractivity contribution in [3.05, 3.63) is 89.2 Å². The Morgan fingerprint density at radius 1 is 0.953 bits per heavy atom. The SMILES string of the molecule is Cc1nc2n(n1)CC(=O)N[C@@H](CC(C)C)COc1ccc(cc1)C[C@@H](NC(=O)c1cc(N3CCOCC3)no1)C(=O)N[C@@H](Cc1ccccc1)C(=O)N[C@H]2C(C)C.O=C(O)C(F)(F)F. The van der Waals surface area contributed by atoms with Gasteiger partial charge in [0, 0.05) is 32.0 Å². The fraction of sp³-hybridized carbons (Fsp3) is 0.488. The second-order valence-corrected chi connectivity index (χ2v) is 16.2. The van der Waals surface area contributed by atoms with Crippen LogP contribution in [0.2, 0.25) is 0 Å². The van der Waals surface area contributed by atoms with Crippen LogP contribution in [0.25, 0.3) is 0 Å². The molecule has 18 nitrogen and oxygen atoms in total. The highest BCUT2D eigenvalue weighted by atomic mass is 19.4. The smallest absolute Gasteiger partial charge is 0.490 e. The molecule has 4 amide bonds. The number of benzene rings is 2. The van der Waals surface area contributed by atoms with Crippen molar-refractivity contribution in [2.75, 3.05) is 37.8 Å². The second-order valence-electron chi connectivity index (χ2n) is 16.2. The van der Waals surface area contributed by atoms with E-state index in [1.807, 2.05) is 61.2 Å². The summed E-state index contributed by atoms with van der Waals surface area (Å²) in [7, 11) is 0. The Labute approximate surface area is 367 Å². The predicted octanol–water partition coefficient (Wildman–Crippen LogP) is 3.55. The zero-order valence-corrected chi connectivity index (χ0v) is 36.2. The van der Waals surface area contributed by atoms with Crippen molar-refractivity contribution in [3.8, 4) is 5.75 Å². The normalized spacial score (nSPS) is 20.2. The highest BCUT2D eigenvalue weighted by molar-refractivity contribution is 5.97. The number of nitrogens with one attached hydrogen (secondary N) is 4. The van der Waals surface area contributed by atoms with Gasteiger partial charge in [0.25, 0.3) is 5.91 Å². The lowest BCUT2D eigenvalue weighted by Gasteiger charge is -2.27. The number of carboxylic acids is 1. The molecular weight excluding hydrogens is 844 g/mol. The van der Waals surface area contributed by atoms with Gasteiger partial charge in [-0.1, -0.05) is 75.3 Å². The van der Waals surface area contributed by atoms with Crippen molar-refractivity contribution in [1.82, 2.24) is 41.2 Å². The number of carbonyl (C=O) groups excluding carboxylic acids is 4. The molecule has 5 N–H and O–H groups in total. The minimum Gasteiger partial charge on any atom is -0.491 e. The number of anilines is 1. The molecule has 0 spiro atoms. The average Bonchev–Trinajstić information content (AvgIpc) is 3.88. The summed E-state index contributed by atoms with van der Waals surface area (Å²) in [5, 5.41) is 27.7. The fourth-order valence-electron chi connectivity index (χ4n) is 6.99. The van der Waals surface area contributed by atoms with Crippen molar-refractivity contribution < 1.29 is 56.2 Å². The topological polar surface area (TPSA) is 232 Å². The van der Waals surface area contributed by atoms with Gasteiger partial charge in [-0.15, -0.1) is 0 Å². The summed E-state index contributed by atoms with van der Waals surface area (Å²) in [6.45, 7) is 12.1. The Balaban J connectivity index is 0.00000102. The summed E-state index contributed by atoms with van der Waals surface area (Å²) < 4.78 is 50.3. The number of nitrogens with zero attached hydrogens (tertiary/aromatic N) is 5. The van der Waals surface area contributed by atoms with Gasteiger partial charge in [0.1, 0.15) is 36.8 Å². The molecule has 2 aromatic carbocycles. The average molecular weight is 898 g/mol. The molecule has 7 rings (SSSR count). The number of amides is 4. The van der Waals surface area contributed by atoms with Crippen LogP contribution >= 0.6 is 0 Å². The molecular formula is C43H54F3N9O9. The molecule has 2 aromatic heterocycles. The summed E-state index contributed by atoms with van der Waals surface area (Å²) in [6, 6.07) is 15.0. The molecule has 1 fully saturated rings. The maximum absolute atomic E-state index is 14.4. The van der Waals surface area contributed by atoms with E-state index in [1.54, 1.807) is 25.1 Å². The summed E-state index contributed by atoms with van der Waals surface area (Å²) >= 11 is 0. The minimum atomic E-state index is -5.08. The van der Waals surface area contributed by atoms with Crippen LogP contribution in [0.4, 0.5) is 19.0 Å². The number of ether oxygens (including phenoxy) is 2. The number of aromatic nitrogens is 4. The molecule has 4 atom stereocenters. The maximum Gasteiger partial charge on any atom is 0.490 e. The van der Waals surface area contributed by atoms with E-state index in [0.717, 1.165) is 11.1 Å². The first kappa shape index (κ1) is 48.5. The van der Waals surface area contributed by atoms with Crippen LogP contribution in [0.15, 0.2) is 65.2 Å². The molecule has 21 heteroatoms.